The summed E-state index contributed by atoms with van der Waals surface area (Å²) in [4.78, 5) is 13.1. The van der Waals surface area contributed by atoms with Gasteiger partial charge in [0.15, 0.2) is 0 Å². The van der Waals surface area contributed by atoms with Gasteiger partial charge in [-0.1, -0.05) is 17.7 Å². The predicted octanol–water partition coefficient (Wildman–Crippen LogP) is 3.00. The van der Waals surface area contributed by atoms with Crippen LogP contribution in [0.4, 0.5) is 0 Å². The number of carbonyl (C=O) groups is 1. The Bertz CT molecular complexity index is 483. The summed E-state index contributed by atoms with van der Waals surface area (Å²) in [5.41, 5.74) is 2.34. The van der Waals surface area contributed by atoms with Gasteiger partial charge in [0.2, 0.25) is 0 Å². The lowest BCUT2D eigenvalue weighted by molar-refractivity contribution is -0.137. The summed E-state index contributed by atoms with van der Waals surface area (Å²) in [7, 11) is 1.68. The third kappa shape index (κ3) is 3.51. The molecule has 0 bridgehead atoms. The highest BCUT2D eigenvalue weighted by Gasteiger charge is 2.33. The molecule has 1 aromatic carbocycles. The van der Waals surface area contributed by atoms with Gasteiger partial charge in [0.05, 0.1) is 13.5 Å². The molecular weight excluding hydrogens is 254 g/mol. The smallest absolute Gasteiger partial charge is 0.304 e. The zero-order valence-electron chi connectivity index (χ0n) is 12.4. The third-order valence-electron chi connectivity index (χ3n) is 3.93. The van der Waals surface area contributed by atoms with Gasteiger partial charge in [-0.05, 0) is 32.8 Å². The molecular formula is C16H23NO3. The second-order valence-electron chi connectivity index (χ2n) is 5.53. The van der Waals surface area contributed by atoms with Crippen LogP contribution in [0.25, 0.3) is 0 Å². The van der Waals surface area contributed by atoms with Crippen LogP contribution in [0.2, 0.25) is 0 Å². The van der Waals surface area contributed by atoms with Crippen LogP contribution in [0.15, 0.2) is 18.2 Å². The van der Waals surface area contributed by atoms with E-state index in [4.69, 9.17) is 9.84 Å². The normalized spacial score (nSPS) is 16.2. The maximum absolute atomic E-state index is 10.8. The number of carboxylic acid groups (broad SMARTS) is 1. The molecule has 4 heteroatoms. The summed E-state index contributed by atoms with van der Waals surface area (Å²) in [6.45, 7) is 4.80. The quantitative estimate of drug-likeness (QED) is 0.832. The first-order valence-corrected chi connectivity index (χ1v) is 7.15. The van der Waals surface area contributed by atoms with Crippen LogP contribution in [0, 0.1) is 6.92 Å². The van der Waals surface area contributed by atoms with Gasteiger partial charge < -0.3 is 9.84 Å². The second-order valence-corrected chi connectivity index (χ2v) is 5.53. The van der Waals surface area contributed by atoms with Gasteiger partial charge in [0, 0.05) is 24.2 Å². The molecule has 2 rings (SSSR count). The molecule has 1 unspecified atom stereocenters. The van der Waals surface area contributed by atoms with Crippen molar-refractivity contribution in [1.82, 2.24) is 4.90 Å². The molecule has 1 aliphatic rings. The minimum atomic E-state index is -0.737. The topological polar surface area (TPSA) is 49.8 Å². The predicted molar refractivity (Wildman–Crippen MR) is 78.1 cm³/mol. The lowest BCUT2D eigenvalue weighted by Gasteiger charge is -2.30. The van der Waals surface area contributed by atoms with E-state index in [1.807, 2.05) is 12.1 Å². The highest BCUT2D eigenvalue weighted by molar-refractivity contribution is 5.66. The van der Waals surface area contributed by atoms with Crippen molar-refractivity contribution >= 4 is 5.97 Å². The fourth-order valence-corrected chi connectivity index (χ4v) is 2.68. The summed E-state index contributed by atoms with van der Waals surface area (Å²) in [5.74, 6) is 0.142. The van der Waals surface area contributed by atoms with Crippen molar-refractivity contribution in [2.75, 3.05) is 13.7 Å². The van der Waals surface area contributed by atoms with Crippen LogP contribution in [0.5, 0.6) is 5.75 Å². The molecule has 1 aromatic rings. The standard InChI is InChI=1S/C16H23NO3/c1-11-4-7-15(20-3)14(10-11)12(2)17(13-5-6-13)9-8-16(18)19/h4,7,10,12-13H,5-6,8-9H2,1-3H3,(H,18,19). The SMILES string of the molecule is COc1ccc(C)cc1C(C)N(CCC(=O)O)C1CC1. The van der Waals surface area contributed by atoms with Crippen LogP contribution in [-0.4, -0.2) is 35.7 Å². The zero-order chi connectivity index (χ0) is 14.7. The molecule has 1 fully saturated rings. The van der Waals surface area contributed by atoms with E-state index < -0.39 is 5.97 Å². The minimum absolute atomic E-state index is 0.178. The first-order valence-electron chi connectivity index (χ1n) is 7.15. The molecule has 1 N–H and O–H groups in total. The van der Waals surface area contributed by atoms with Gasteiger partial charge >= 0.3 is 5.97 Å². The van der Waals surface area contributed by atoms with E-state index in [2.05, 4.69) is 24.8 Å². The van der Waals surface area contributed by atoms with E-state index in [-0.39, 0.29) is 12.5 Å². The minimum Gasteiger partial charge on any atom is -0.496 e. The molecule has 0 aromatic heterocycles. The molecule has 20 heavy (non-hydrogen) atoms. The van der Waals surface area contributed by atoms with Crippen LogP contribution in [0.1, 0.15) is 43.4 Å². The molecule has 0 amide bonds. The molecule has 4 nitrogen and oxygen atoms in total. The van der Waals surface area contributed by atoms with Gasteiger partial charge in [-0.2, -0.15) is 0 Å². The molecule has 1 saturated carbocycles. The molecule has 0 heterocycles. The first-order chi connectivity index (χ1) is 9.52. The number of aryl methyl sites for hydroxylation is 1. The summed E-state index contributed by atoms with van der Waals surface area (Å²) >= 11 is 0. The highest BCUT2D eigenvalue weighted by Crippen LogP contribution is 2.37. The average molecular weight is 277 g/mol. The number of carboxylic acids is 1. The van der Waals surface area contributed by atoms with Crippen LogP contribution in [0.3, 0.4) is 0 Å². The van der Waals surface area contributed by atoms with Gasteiger partial charge in [0.25, 0.3) is 0 Å². The Kier molecular flexibility index (Phi) is 4.65. The molecule has 110 valence electrons. The van der Waals surface area contributed by atoms with E-state index in [0.29, 0.717) is 12.6 Å². The Balaban J connectivity index is 2.20. The number of methoxy groups -OCH3 is 1. The third-order valence-corrected chi connectivity index (χ3v) is 3.93. The number of rotatable bonds is 7. The van der Waals surface area contributed by atoms with Crippen molar-refractivity contribution in [3.8, 4) is 5.75 Å². The number of hydrogen-bond acceptors (Lipinski definition) is 3. The van der Waals surface area contributed by atoms with E-state index in [9.17, 15) is 4.79 Å². The number of hydrogen-bond donors (Lipinski definition) is 1. The van der Waals surface area contributed by atoms with E-state index in [1.54, 1.807) is 7.11 Å². The first kappa shape index (κ1) is 14.9. The second kappa shape index (κ2) is 6.27. The van der Waals surface area contributed by atoms with Crippen molar-refractivity contribution in [2.24, 2.45) is 0 Å². The molecule has 0 aliphatic heterocycles. The molecule has 0 saturated heterocycles. The Morgan fingerprint density at radius 3 is 2.75 bits per heavy atom. The monoisotopic (exact) mass is 277 g/mol. The lowest BCUT2D eigenvalue weighted by Crippen LogP contribution is -2.31. The van der Waals surface area contributed by atoms with Crippen LogP contribution >= 0.6 is 0 Å². The average Bonchev–Trinajstić information content (AvgIpc) is 3.23. The highest BCUT2D eigenvalue weighted by atomic mass is 16.5. The fraction of sp³-hybridized carbons (Fsp3) is 0.562. The van der Waals surface area contributed by atoms with Crippen molar-refractivity contribution in [2.45, 2.75) is 45.2 Å². The Labute approximate surface area is 120 Å². The molecule has 0 spiro atoms. The lowest BCUT2D eigenvalue weighted by atomic mass is 10.0. The maximum Gasteiger partial charge on any atom is 0.304 e. The summed E-state index contributed by atoms with van der Waals surface area (Å²) in [6, 6.07) is 6.86. The van der Waals surface area contributed by atoms with Crippen molar-refractivity contribution < 1.29 is 14.6 Å². The Hall–Kier alpha value is -1.55. The summed E-state index contributed by atoms with van der Waals surface area (Å²) < 4.78 is 5.45. The molecule has 1 aliphatic carbocycles. The van der Waals surface area contributed by atoms with Gasteiger partial charge in [-0.25, -0.2) is 0 Å². The maximum atomic E-state index is 10.8. The van der Waals surface area contributed by atoms with Crippen LogP contribution < -0.4 is 4.74 Å². The fourth-order valence-electron chi connectivity index (χ4n) is 2.68. The van der Waals surface area contributed by atoms with E-state index in [1.165, 1.54) is 5.56 Å². The Morgan fingerprint density at radius 1 is 1.50 bits per heavy atom. The van der Waals surface area contributed by atoms with Crippen LogP contribution in [-0.2, 0) is 4.79 Å². The van der Waals surface area contributed by atoms with Crippen molar-refractivity contribution in [1.29, 1.82) is 0 Å². The Morgan fingerprint density at radius 2 is 2.20 bits per heavy atom. The van der Waals surface area contributed by atoms with Gasteiger partial charge in [0.1, 0.15) is 5.75 Å². The largest absolute Gasteiger partial charge is 0.496 e. The molecule has 0 radical (unpaired) electrons. The van der Waals surface area contributed by atoms with Crippen molar-refractivity contribution in [3.05, 3.63) is 29.3 Å². The summed E-state index contributed by atoms with van der Waals surface area (Å²) in [6.07, 6.45) is 2.52. The van der Waals surface area contributed by atoms with Crippen molar-refractivity contribution in [3.63, 3.8) is 0 Å². The number of ether oxygens (including phenoxy) is 1. The van der Waals surface area contributed by atoms with E-state index in [0.717, 1.165) is 24.2 Å². The summed E-state index contributed by atoms with van der Waals surface area (Å²) in [5, 5.41) is 8.91. The van der Waals surface area contributed by atoms with Gasteiger partial charge in [-0.3, -0.25) is 9.69 Å². The number of nitrogens with zero attached hydrogens (tertiary/aromatic N) is 1. The molecule has 1 atom stereocenters. The van der Waals surface area contributed by atoms with E-state index >= 15 is 0 Å². The number of aliphatic carboxylic acids is 1. The number of benzene rings is 1. The zero-order valence-corrected chi connectivity index (χ0v) is 12.4. The van der Waals surface area contributed by atoms with Gasteiger partial charge in [-0.15, -0.1) is 0 Å².